The van der Waals surface area contributed by atoms with Gasteiger partial charge >= 0.3 is 0 Å². The van der Waals surface area contributed by atoms with Gasteiger partial charge in [-0.1, -0.05) is 6.07 Å². The molecule has 2 aromatic heterocycles. The first-order valence-corrected chi connectivity index (χ1v) is 8.98. The minimum absolute atomic E-state index is 0.110. The molecule has 144 valence electrons. The van der Waals surface area contributed by atoms with Crippen molar-refractivity contribution in [1.82, 2.24) is 24.8 Å². The van der Waals surface area contributed by atoms with Gasteiger partial charge in [0.05, 0.1) is 31.0 Å². The summed E-state index contributed by atoms with van der Waals surface area (Å²) in [5.41, 5.74) is 3.25. The Morgan fingerprint density at radius 1 is 1.14 bits per heavy atom. The highest BCUT2D eigenvalue weighted by atomic mass is 16.5. The molecule has 0 fully saturated rings. The molecule has 3 heterocycles. The molecule has 1 N–H and O–H groups in total. The number of H-pyrrole nitrogens is 1. The number of fused-ring (bicyclic) bond motifs is 1. The summed E-state index contributed by atoms with van der Waals surface area (Å²) in [4.78, 5) is 30.3. The Bertz CT molecular complexity index is 1040. The van der Waals surface area contributed by atoms with Crippen molar-refractivity contribution in [3.63, 3.8) is 0 Å². The molecule has 0 saturated heterocycles. The molecule has 0 saturated carbocycles. The number of nitrogens with one attached hydrogen (secondary N) is 1. The predicted octanol–water partition coefficient (Wildman–Crippen LogP) is 1.80. The van der Waals surface area contributed by atoms with Gasteiger partial charge < -0.3 is 14.5 Å². The van der Waals surface area contributed by atoms with Crippen molar-refractivity contribution >= 4 is 0 Å². The van der Waals surface area contributed by atoms with Crippen LogP contribution in [0, 0.1) is 0 Å². The summed E-state index contributed by atoms with van der Waals surface area (Å²) in [5.74, 6) is 1.91. The average molecular weight is 379 g/mol. The second-order valence-corrected chi connectivity index (χ2v) is 6.62. The molecule has 28 heavy (non-hydrogen) atoms. The summed E-state index contributed by atoms with van der Waals surface area (Å²) < 4.78 is 10.7. The molecule has 0 spiro atoms. The lowest BCUT2D eigenvalue weighted by Crippen LogP contribution is -2.35. The fraction of sp³-hybridized carbons (Fsp3) is 0.300. The highest BCUT2D eigenvalue weighted by Crippen LogP contribution is 2.28. The standard InChI is InChI=1S/C20H21N5O3/c1-27-17-4-3-13(7-18(17)28-2)10-25-6-5-16-15(11-25)20(26)24-19(23-16)14-8-21-12-22-9-14/h3-4,7-9,12H,5-6,10-11H2,1-2H3,(H,23,24,26). The third-order valence-electron chi connectivity index (χ3n) is 4.84. The van der Waals surface area contributed by atoms with Crippen molar-refractivity contribution in [2.75, 3.05) is 20.8 Å². The van der Waals surface area contributed by atoms with Crippen molar-refractivity contribution in [3.8, 4) is 22.9 Å². The maximum absolute atomic E-state index is 12.6. The number of ether oxygens (including phenoxy) is 2. The van der Waals surface area contributed by atoms with E-state index >= 15 is 0 Å². The second-order valence-electron chi connectivity index (χ2n) is 6.62. The topological polar surface area (TPSA) is 93.2 Å². The Morgan fingerprint density at radius 2 is 1.93 bits per heavy atom. The van der Waals surface area contributed by atoms with Gasteiger partial charge in [0.15, 0.2) is 11.5 Å². The van der Waals surface area contributed by atoms with Crippen LogP contribution < -0.4 is 15.0 Å². The Labute approximate surface area is 162 Å². The molecule has 1 aliphatic heterocycles. The Kier molecular flexibility index (Phi) is 5.03. The molecule has 3 aromatic rings. The lowest BCUT2D eigenvalue weighted by atomic mass is 10.1. The van der Waals surface area contributed by atoms with Crippen molar-refractivity contribution in [3.05, 3.63) is 64.1 Å². The summed E-state index contributed by atoms with van der Waals surface area (Å²) in [6.07, 6.45) is 5.45. The third-order valence-corrected chi connectivity index (χ3v) is 4.84. The molecule has 1 aromatic carbocycles. The van der Waals surface area contributed by atoms with Crippen LogP contribution in [0.5, 0.6) is 11.5 Å². The fourth-order valence-corrected chi connectivity index (χ4v) is 3.41. The lowest BCUT2D eigenvalue weighted by molar-refractivity contribution is 0.241. The molecular formula is C20H21N5O3. The zero-order chi connectivity index (χ0) is 19.5. The summed E-state index contributed by atoms with van der Waals surface area (Å²) >= 11 is 0. The van der Waals surface area contributed by atoms with Gasteiger partial charge in [-0.2, -0.15) is 0 Å². The van der Waals surface area contributed by atoms with Crippen molar-refractivity contribution in [2.45, 2.75) is 19.5 Å². The summed E-state index contributed by atoms with van der Waals surface area (Å²) in [5, 5.41) is 0. The SMILES string of the molecule is COc1ccc(CN2CCc3nc(-c4cncnc4)[nH]c(=O)c3C2)cc1OC. The quantitative estimate of drug-likeness (QED) is 0.722. The van der Waals surface area contributed by atoms with Gasteiger partial charge in [-0.25, -0.2) is 15.0 Å². The second kappa shape index (κ2) is 7.77. The van der Waals surface area contributed by atoms with E-state index in [1.807, 2.05) is 18.2 Å². The molecular weight excluding hydrogens is 358 g/mol. The van der Waals surface area contributed by atoms with Crippen LogP contribution in [0.3, 0.4) is 0 Å². The maximum Gasteiger partial charge on any atom is 0.255 e. The zero-order valence-electron chi connectivity index (χ0n) is 15.8. The van der Waals surface area contributed by atoms with Gasteiger partial charge in [0.2, 0.25) is 0 Å². The van der Waals surface area contributed by atoms with Crippen LogP contribution in [0.2, 0.25) is 0 Å². The van der Waals surface area contributed by atoms with Crippen LogP contribution >= 0.6 is 0 Å². The molecule has 0 radical (unpaired) electrons. The molecule has 4 rings (SSSR count). The van der Waals surface area contributed by atoms with Crippen molar-refractivity contribution < 1.29 is 9.47 Å². The van der Waals surface area contributed by atoms with E-state index in [-0.39, 0.29) is 5.56 Å². The highest BCUT2D eigenvalue weighted by molar-refractivity contribution is 5.52. The number of methoxy groups -OCH3 is 2. The highest BCUT2D eigenvalue weighted by Gasteiger charge is 2.22. The van der Waals surface area contributed by atoms with E-state index in [1.54, 1.807) is 26.6 Å². The van der Waals surface area contributed by atoms with Crippen molar-refractivity contribution in [1.29, 1.82) is 0 Å². The molecule has 0 aliphatic carbocycles. The van der Waals surface area contributed by atoms with E-state index in [1.165, 1.54) is 6.33 Å². The molecule has 0 bridgehead atoms. The van der Waals surface area contributed by atoms with Crippen LogP contribution in [-0.2, 0) is 19.5 Å². The van der Waals surface area contributed by atoms with E-state index in [4.69, 9.17) is 9.47 Å². The summed E-state index contributed by atoms with van der Waals surface area (Å²) in [6, 6.07) is 5.88. The number of hydrogen-bond acceptors (Lipinski definition) is 7. The molecule has 0 atom stereocenters. The van der Waals surface area contributed by atoms with Crippen LogP contribution in [0.25, 0.3) is 11.4 Å². The first-order chi connectivity index (χ1) is 13.7. The summed E-state index contributed by atoms with van der Waals surface area (Å²) in [7, 11) is 3.24. The van der Waals surface area contributed by atoms with E-state index in [9.17, 15) is 4.79 Å². The van der Waals surface area contributed by atoms with Crippen LogP contribution in [-0.4, -0.2) is 45.6 Å². The van der Waals surface area contributed by atoms with Gasteiger partial charge in [0.1, 0.15) is 12.2 Å². The number of benzene rings is 1. The van der Waals surface area contributed by atoms with Gasteiger partial charge in [0, 0.05) is 38.4 Å². The number of aromatic nitrogens is 4. The lowest BCUT2D eigenvalue weighted by Gasteiger charge is -2.28. The van der Waals surface area contributed by atoms with E-state index in [0.29, 0.717) is 48.0 Å². The number of rotatable bonds is 5. The monoisotopic (exact) mass is 379 g/mol. The van der Waals surface area contributed by atoms with Crippen molar-refractivity contribution in [2.24, 2.45) is 0 Å². The molecule has 8 nitrogen and oxygen atoms in total. The Morgan fingerprint density at radius 3 is 2.68 bits per heavy atom. The van der Waals surface area contributed by atoms with Gasteiger partial charge in [-0.05, 0) is 17.7 Å². The van der Waals surface area contributed by atoms with E-state index in [0.717, 1.165) is 17.8 Å². The van der Waals surface area contributed by atoms with Crippen LogP contribution in [0.4, 0.5) is 0 Å². The van der Waals surface area contributed by atoms with Gasteiger partial charge in [-0.3, -0.25) is 9.69 Å². The number of nitrogens with zero attached hydrogens (tertiary/aromatic N) is 4. The summed E-state index contributed by atoms with van der Waals surface area (Å²) in [6.45, 7) is 2.09. The maximum atomic E-state index is 12.6. The van der Waals surface area contributed by atoms with Gasteiger partial charge in [0.25, 0.3) is 5.56 Å². The predicted molar refractivity (Wildman–Crippen MR) is 103 cm³/mol. The largest absolute Gasteiger partial charge is 0.493 e. The smallest absolute Gasteiger partial charge is 0.255 e. The Balaban J connectivity index is 1.55. The van der Waals surface area contributed by atoms with Gasteiger partial charge in [-0.15, -0.1) is 0 Å². The normalized spacial score (nSPS) is 13.8. The van der Waals surface area contributed by atoms with E-state index in [2.05, 4.69) is 24.8 Å². The molecule has 1 aliphatic rings. The first-order valence-electron chi connectivity index (χ1n) is 8.98. The molecule has 8 heteroatoms. The third kappa shape index (κ3) is 3.59. The minimum Gasteiger partial charge on any atom is -0.493 e. The number of aromatic amines is 1. The first kappa shape index (κ1) is 18.1. The molecule has 0 unspecified atom stereocenters. The fourth-order valence-electron chi connectivity index (χ4n) is 3.41. The van der Waals surface area contributed by atoms with E-state index < -0.39 is 0 Å². The van der Waals surface area contributed by atoms with Crippen LogP contribution in [0.1, 0.15) is 16.8 Å². The minimum atomic E-state index is -0.110. The number of hydrogen-bond donors (Lipinski definition) is 1. The van der Waals surface area contributed by atoms with Crippen LogP contribution in [0.15, 0.2) is 41.7 Å². The molecule has 0 amide bonds. The zero-order valence-corrected chi connectivity index (χ0v) is 15.8. The average Bonchev–Trinajstić information content (AvgIpc) is 2.74. The Hall–Kier alpha value is -3.26.